The maximum atomic E-state index is 12.9. The maximum absolute atomic E-state index is 12.9. The molecule has 0 spiro atoms. The van der Waals surface area contributed by atoms with Gasteiger partial charge >= 0.3 is 0 Å². The quantitative estimate of drug-likeness (QED) is 0.675. The summed E-state index contributed by atoms with van der Waals surface area (Å²) in [5.41, 5.74) is 1.64. The smallest absolute Gasteiger partial charge is 0.193 e. The lowest BCUT2D eigenvalue weighted by molar-refractivity contribution is 0.103. The lowest BCUT2D eigenvalue weighted by Gasteiger charge is -2.05. The van der Waals surface area contributed by atoms with E-state index in [0.29, 0.717) is 29.2 Å². The standard InChI is InChI=1S/C17H12FNO3/c18-14-5-1-12(2-6-14)17(20)13-3-7-16(8-4-13)21-11-15-9-10-22-19-15/h1-10H,11H2. The number of ether oxygens (including phenoxy) is 1. The van der Waals surface area contributed by atoms with E-state index in [0.717, 1.165) is 0 Å². The minimum absolute atomic E-state index is 0.164. The highest BCUT2D eigenvalue weighted by molar-refractivity contribution is 6.08. The van der Waals surface area contributed by atoms with Gasteiger partial charge in [-0.05, 0) is 48.5 Å². The molecule has 0 aliphatic carbocycles. The van der Waals surface area contributed by atoms with Crippen LogP contribution in [-0.4, -0.2) is 10.9 Å². The molecule has 0 N–H and O–H groups in total. The van der Waals surface area contributed by atoms with Gasteiger partial charge in [-0.25, -0.2) is 4.39 Å². The number of carbonyl (C=O) groups excluding carboxylic acids is 1. The highest BCUT2D eigenvalue weighted by atomic mass is 19.1. The van der Waals surface area contributed by atoms with Crippen molar-refractivity contribution < 1.29 is 18.4 Å². The molecule has 0 amide bonds. The molecule has 0 fully saturated rings. The molecule has 1 heterocycles. The zero-order valence-corrected chi connectivity index (χ0v) is 11.5. The highest BCUT2D eigenvalue weighted by Crippen LogP contribution is 2.17. The molecule has 0 aliphatic heterocycles. The zero-order valence-electron chi connectivity index (χ0n) is 11.5. The van der Waals surface area contributed by atoms with Crippen molar-refractivity contribution >= 4 is 5.78 Å². The largest absolute Gasteiger partial charge is 0.487 e. The van der Waals surface area contributed by atoms with Gasteiger partial charge in [-0.2, -0.15) is 0 Å². The third-order valence-corrected chi connectivity index (χ3v) is 3.10. The van der Waals surface area contributed by atoms with Crippen LogP contribution in [0.15, 0.2) is 65.4 Å². The fourth-order valence-corrected chi connectivity index (χ4v) is 1.94. The molecule has 3 rings (SSSR count). The van der Waals surface area contributed by atoms with Crippen molar-refractivity contribution in [3.8, 4) is 5.75 Å². The lowest BCUT2D eigenvalue weighted by atomic mass is 10.0. The lowest BCUT2D eigenvalue weighted by Crippen LogP contribution is -2.01. The molecule has 5 heteroatoms. The molecular formula is C17H12FNO3. The first-order chi connectivity index (χ1) is 10.7. The maximum Gasteiger partial charge on any atom is 0.193 e. The second kappa shape index (κ2) is 6.22. The molecule has 4 nitrogen and oxygen atoms in total. The molecule has 110 valence electrons. The number of ketones is 1. The van der Waals surface area contributed by atoms with Crippen molar-refractivity contribution in [3.63, 3.8) is 0 Å². The van der Waals surface area contributed by atoms with Crippen molar-refractivity contribution in [1.29, 1.82) is 0 Å². The van der Waals surface area contributed by atoms with Gasteiger partial charge in [0, 0.05) is 17.2 Å². The van der Waals surface area contributed by atoms with Crippen molar-refractivity contribution in [2.75, 3.05) is 0 Å². The van der Waals surface area contributed by atoms with Gasteiger partial charge in [0.1, 0.15) is 30.1 Å². The Morgan fingerprint density at radius 1 is 1.00 bits per heavy atom. The zero-order chi connectivity index (χ0) is 15.4. The molecule has 22 heavy (non-hydrogen) atoms. The van der Waals surface area contributed by atoms with Gasteiger partial charge in [0.05, 0.1) is 0 Å². The normalized spacial score (nSPS) is 10.4. The van der Waals surface area contributed by atoms with E-state index in [9.17, 15) is 9.18 Å². The Morgan fingerprint density at radius 2 is 1.64 bits per heavy atom. The average Bonchev–Trinajstić information content (AvgIpc) is 3.07. The fourth-order valence-electron chi connectivity index (χ4n) is 1.94. The number of halogens is 1. The molecule has 0 bridgehead atoms. The first-order valence-electron chi connectivity index (χ1n) is 6.65. The third kappa shape index (κ3) is 3.20. The molecule has 1 aromatic heterocycles. The molecule has 0 unspecified atom stereocenters. The number of nitrogens with zero attached hydrogens (tertiary/aromatic N) is 1. The van der Waals surface area contributed by atoms with Crippen LogP contribution in [0, 0.1) is 5.82 Å². The number of rotatable bonds is 5. The second-order valence-electron chi connectivity index (χ2n) is 4.64. The molecule has 0 atom stereocenters. The summed E-state index contributed by atoms with van der Waals surface area (Å²) in [5.74, 6) is 0.0925. The Morgan fingerprint density at radius 3 is 2.23 bits per heavy atom. The summed E-state index contributed by atoms with van der Waals surface area (Å²) in [4.78, 5) is 12.2. The van der Waals surface area contributed by atoms with Crippen molar-refractivity contribution in [2.45, 2.75) is 6.61 Å². The number of aromatic nitrogens is 1. The van der Waals surface area contributed by atoms with E-state index in [2.05, 4.69) is 5.16 Å². The highest BCUT2D eigenvalue weighted by Gasteiger charge is 2.09. The first kappa shape index (κ1) is 14.0. The number of benzene rings is 2. The Bertz CT molecular complexity index is 750. The van der Waals surface area contributed by atoms with Gasteiger partial charge in [0.25, 0.3) is 0 Å². The van der Waals surface area contributed by atoms with E-state index in [1.54, 1.807) is 30.3 Å². The molecule has 2 aromatic carbocycles. The monoisotopic (exact) mass is 297 g/mol. The first-order valence-corrected chi connectivity index (χ1v) is 6.65. The van der Waals surface area contributed by atoms with Crippen LogP contribution in [0.1, 0.15) is 21.6 Å². The summed E-state index contributed by atoms with van der Waals surface area (Å²) in [5, 5.41) is 3.74. The van der Waals surface area contributed by atoms with Gasteiger partial charge in [0.2, 0.25) is 0 Å². The predicted molar refractivity (Wildman–Crippen MR) is 77.1 cm³/mol. The van der Waals surface area contributed by atoms with Crippen LogP contribution in [-0.2, 0) is 6.61 Å². The Hall–Kier alpha value is -2.95. The van der Waals surface area contributed by atoms with Gasteiger partial charge in [-0.15, -0.1) is 0 Å². The fraction of sp³-hybridized carbons (Fsp3) is 0.0588. The van der Waals surface area contributed by atoms with Crippen LogP contribution < -0.4 is 4.74 Å². The summed E-state index contributed by atoms with van der Waals surface area (Å²) < 4.78 is 23.1. The van der Waals surface area contributed by atoms with E-state index >= 15 is 0 Å². The van der Waals surface area contributed by atoms with Crippen LogP contribution in [0.25, 0.3) is 0 Å². The van der Waals surface area contributed by atoms with Crippen LogP contribution in [0.3, 0.4) is 0 Å². The summed E-state index contributed by atoms with van der Waals surface area (Å²) in [6, 6.07) is 13.9. The van der Waals surface area contributed by atoms with E-state index in [1.807, 2.05) is 0 Å². The van der Waals surface area contributed by atoms with E-state index < -0.39 is 0 Å². The number of carbonyl (C=O) groups is 1. The molecule has 0 saturated carbocycles. The van der Waals surface area contributed by atoms with Gasteiger partial charge in [0.15, 0.2) is 5.78 Å². The molecule has 0 saturated heterocycles. The summed E-state index contributed by atoms with van der Waals surface area (Å²) in [7, 11) is 0. The number of hydrogen-bond donors (Lipinski definition) is 0. The minimum Gasteiger partial charge on any atom is -0.487 e. The van der Waals surface area contributed by atoms with Crippen LogP contribution in [0.2, 0.25) is 0 Å². The number of hydrogen-bond acceptors (Lipinski definition) is 4. The van der Waals surface area contributed by atoms with E-state index in [-0.39, 0.29) is 11.6 Å². The van der Waals surface area contributed by atoms with Crippen LogP contribution in [0.5, 0.6) is 5.75 Å². The van der Waals surface area contributed by atoms with Gasteiger partial charge in [-0.1, -0.05) is 5.16 Å². The van der Waals surface area contributed by atoms with Crippen molar-refractivity contribution in [3.05, 3.63) is 83.5 Å². The Kier molecular flexibility index (Phi) is 3.96. The SMILES string of the molecule is O=C(c1ccc(F)cc1)c1ccc(OCc2ccon2)cc1. The molecular weight excluding hydrogens is 285 g/mol. The predicted octanol–water partition coefficient (Wildman–Crippen LogP) is 3.62. The van der Waals surface area contributed by atoms with Crippen LogP contribution >= 0.6 is 0 Å². The molecule has 0 radical (unpaired) electrons. The summed E-state index contributed by atoms with van der Waals surface area (Å²) >= 11 is 0. The average molecular weight is 297 g/mol. The minimum atomic E-state index is -0.367. The van der Waals surface area contributed by atoms with Crippen LogP contribution in [0.4, 0.5) is 4.39 Å². The third-order valence-electron chi connectivity index (χ3n) is 3.10. The van der Waals surface area contributed by atoms with Crippen molar-refractivity contribution in [1.82, 2.24) is 5.16 Å². The molecule has 3 aromatic rings. The van der Waals surface area contributed by atoms with Gasteiger partial charge < -0.3 is 9.26 Å². The summed E-state index contributed by atoms with van der Waals surface area (Å²) in [6.07, 6.45) is 1.48. The summed E-state index contributed by atoms with van der Waals surface area (Å²) in [6.45, 7) is 0.293. The Balaban J connectivity index is 1.68. The molecule has 0 aliphatic rings. The topological polar surface area (TPSA) is 52.3 Å². The second-order valence-corrected chi connectivity index (χ2v) is 4.64. The Labute approximate surface area is 126 Å². The van der Waals surface area contributed by atoms with Gasteiger partial charge in [-0.3, -0.25) is 4.79 Å². The van der Waals surface area contributed by atoms with Crippen molar-refractivity contribution in [2.24, 2.45) is 0 Å². The van der Waals surface area contributed by atoms with E-state index in [1.165, 1.54) is 30.5 Å². The van der Waals surface area contributed by atoms with E-state index in [4.69, 9.17) is 9.26 Å².